The standard InChI is InChI=1S/C27H30ClN3O3/c1-5-33-25(32)16-31(4)15-18-6-7-20-13-22(10-8-19(20)12-18)34-26(17(2)3)21-9-11-24-23(14-21)27(28)30-29-24/h6-14,17,26H,5,15-16H2,1-4H3,(H,29,30). The van der Waals surface area contributed by atoms with Crippen LogP contribution in [0, 0.1) is 5.92 Å². The molecule has 6 nitrogen and oxygen atoms in total. The van der Waals surface area contributed by atoms with Gasteiger partial charge in [-0.1, -0.05) is 49.7 Å². The molecule has 0 fully saturated rings. The monoisotopic (exact) mass is 479 g/mol. The molecule has 0 aliphatic carbocycles. The number of aromatic nitrogens is 2. The van der Waals surface area contributed by atoms with E-state index in [-0.39, 0.29) is 24.5 Å². The third-order valence-corrected chi connectivity index (χ3v) is 6.05. The van der Waals surface area contributed by atoms with Crippen LogP contribution in [0.1, 0.15) is 38.0 Å². The Morgan fingerprint density at radius 1 is 1.09 bits per heavy atom. The molecule has 7 heteroatoms. The first-order valence-electron chi connectivity index (χ1n) is 11.5. The van der Waals surface area contributed by atoms with Crippen LogP contribution in [0.3, 0.4) is 0 Å². The van der Waals surface area contributed by atoms with Crippen molar-refractivity contribution in [1.29, 1.82) is 0 Å². The van der Waals surface area contributed by atoms with Gasteiger partial charge in [0.1, 0.15) is 17.0 Å². The maximum absolute atomic E-state index is 11.7. The molecule has 0 radical (unpaired) electrons. The lowest BCUT2D eigenvalue weighted by Gasteiger charge is -2.23. The van der Waals surface area contributed by atoms with Crippen molar-refractivity contribution in [3.63, 3.8) is 0 Å². The highest BCUT2D eigenvalue weighted by atomic mass is 35.5. The highest BCUT2D eigenvalue weighted by Crippen LogP contribution is 2.33. The fraction of sp³-hybridized carbons (Fsp3) is 0.333. The van der Waals surface area contributed by atoms with E-state index in [1.807, 2.05) is 43.1 Å². The zero-order valence-electron chi connectivity index (χ0n) is 20.0. The van der Waals surface area contributed by atoms with E-state index in [9.17, 15) is 4.79 Å². The van der Waals surface area contributed by atoms with Crippen LogP contribution >= 0.6 is 11.6 Å². The first-order valence-corrected chi connectivity index (χ1v) is 11.9. The third-order valence-electron chi connectivity index (χ3n) is 5.76. The quantitative estimate of drug-likeness (QED) is 0.292. The molecule has 4 aromatic rings. The number of halogens is 1. The lowest BCUT2D eigenvalue weighted by Crippen LogP contribution is -2.26. The number of nitrogens with one attached hydrogen (secondary N) is 1. The summed E-state index contributed by atoms with van der Waals surface area (Å²) in [6.45, 7) is 7.44. The van der Waals surface area contributed by atoms with Crippen molar-refractivity contribution in [2.45, 2.75) is 33.4 Å². The molecule has 0 saturated heterocycles. The number of fused-ring (bicyclic) bond motifs is 2. The molecule has 1 aromatic heterocycles. The van der Waals surface area contributed by atoms with E-state index in [2.05, 4.69) is 54.4 Å². The number of rotatable bonds is 9. The lowest BCUT2D eigenvalue weighted by molar-refractivity contribution is -0.144. The van der Waals surface area contributed by atoms with Crippen LogP contribution < -0.4 is 4.74 Å². The van der Waals surface area contributed by atoms with E-state index >= 15 is 0 Å². The van der Waals surface area contributed by atoms with Crippen LogP contribution in [0.2, 0.25) is 5.15 Å². The van der Waals surface area contributed by atoms with Gasteiger partial charge in [0.2, 0.25) is 0 Å². The molecule has 34 heavy (non-hydrogen) atoms. The van der Waals surface area contributed by atoms with Gasteiger partial charge in [-0.3, -0.25) is 14.8 Å². The second kappa shape index (κ2) is 10.5. The summed E-state index contributed by atoms with van der Waals surface area (Å²) in [6, 6.07) is 18.5. The maximum atomic E-state index is 11.7. The molecule has 178 valence electrons. The lowest BCUT2D eigenvalue weighted by atomic mass is 9.97. The SMILES string of the molecule is CCOC(=O)CN(C)Cc1ccc2cc(OC(c3ccc4n[nH]c(Cl)c4c3)C(C)C)ccc2c1. The molecule has 1 N–H and O–H groups in total. The molecule has 0 aliphatic heterocycles. The molecule has 4 rings (SSSR count). The van der Waals surface area contributed by atoms with Crippen LogP contribution in [-0.2, 0) is 16.1 Å². The van der Waals surface area contributed by atoms with Gasteiger partial charge in [0.15, 0.2) is 0 Å². The van der Waals surface area contributed by atoms with Crippen molar-refractivity contribution in [2.75, 3.05) is 20.2 Å². The van der Waals surface area contributed by atoms with Gasteiger partial charge < -0.3 is 9.47 Å². The number of hydrogen-bond acceptors (Lipinski definition) is 5. The average molecular weight is 480 g/mol. The van der Waals surface area contributed by atoms with Crippen LogP contribution in [-0.4, -0.2) is 41.3 Å². The predicted molar refractivity (Wildman–Crippen MR) is 136 cm³/mol. The number of ether oxygens (including phenoxy) is 2. The maximum Gasteiger partial charge on any atom is 0.320 e. The van der Waals surface area contributed by atoms with Crippen LogP contribution in [0.25, 0.3) is 21.7 Å². The normalized spacial score (nSPS) is 12.6. The van der Waals surface area contributed by atoms with E-state index in [1.54, 1.807) is 0 Å². The van der Waals surface area contributed by atoms with Gasteiger partial charge in [0.05, 0.1) is 18.7 Å². The molecule has 0 spiro atoms. The van der Waals surface area contributed by atoms with E-state index in [4.69, 9.17) is 21.1 Å². The molecule has 1 atom stereocenters. The van der Waals surface area contributed by atoms with Crippen molar-refractivity contribution in [3.8, 4) is 5.75 Å². The van der Waals surface area contributed by atoms with Crippen molar-refractivity contribution in [2.24, 2.45) is 5.92 Å². The number of likely N-dealkylation sites (N-methyl/N-ethyl adjacent to an activating group) is 1. The summed E-state index contributed by atoms with van der Waals surface area (Å²) < 4.78 is 11.5. The highest BCUT2D eigenvalue weighted by molar-refractivity contribution is 6.34. The smallest absolute Gasteiger partial charge is 0.320 e. The van der Waals surface area contributed by atoms with Gasteiger partial charge in [-0.15, -0.1) is 0 Å². The summed E-state index contributed by atoms with van der Waals surface area (Å²) >= 11 is 6.25. The second-order valence-corrected chi connectivity index (χ2v) is 9.30. The molecule has 0 saturated carbocycles. The average Bonchev–Trinajstić information content (AvgIpc) is 3.17. The fourth-order valence-electron chi connectivity index (χ4n) is 4.15. The van der Waals surface area contributed by atoms with Crippen molar-refractivity contribution in [3.05, 3.63) is 70.9 Å². The minimum atomic E-state index is -0.207. The topological polar surface area (TPSA) is 67.4 Å². The number of hydrogen-bond donors (Lipinski definition) is 1. The first-order chi connectivity index (χ1) is 16.3. The van der Waals surface area contributed by atoms with Gasteiger partial charge in [-0.05, 0) is 72.1 Å². The first kappa shape index (κ1) is 24.0. The number of carbonyl (C=O) groups is 1. The summed E-state index contributed by atoms with van der Waals surface area (Å²) in [7, 11) is 1.91. The molecule has 1 heterocycles. The summed E-state index contributed by atoms with van der Waals surface area (Å²) in [5.74, 6) is 0.870. The summed E-state index contributed by atoms with van der Waals surface area (Å²) in [4.78, 5) is 13.7. The minimum Gasteiger partial charge on any atom is -0.485 e. The van der Waals surface area contributed by atoms with E-state index in [0.29, 0.717) is 18.3 Å². The molecular weight excluding hydrogens is 450 g/mol. The van der Waals surface area contributed by atoms with Crippen molar-refractivity contribution < 1.29 is 14.3 Å². The molecule has 0 bridgehead atoms. The largest absolute Gasteiger partial charge is 0.485 e. The Kier molecular flexibility index (Phi) is 7.39. The van der Waals surface area contributed by atoms with Crippen molar-refractivity contribution in [1.82, 2.24) is 15.1 Å². The number of H-pyrrole nitrogens is 1. The van der Waals surface area contributed by atoms with Crippen molar-refractivity contribution >= 4 is 39.2 Å². The summed E-state index contributed by atoms with van der Waals surface area (Å²) in [5, 5.41) is 10.7. The zero-order chi connectivity index (χ0) is 24.2. The zero-order valence-corrected chi connectivity index (χ0v) is 20.7. The number of esters is 1. The van der Waals surface area contributed by atoms with Gasteiger partial charge in [0.25, 0.3) is 0 Å². The van der Waals surface area contributed by atoms with E-state index in [0.717, 1.165) is 38.6 Å². The van der Waals surface area contributed by atoms with Crippen LogP contribution in [0.5, 0.6) is 5.75 Å². The molecule has 0 aliphatic rings. The number of benzene rings is 3. The van der Waals surface area contributed by atoms with Gasteiger partial charge >= 0.3 is 5.97 Å². The Balaban J connectivity index is 1.51. The Morgan fingerprint density at radius 3 is 2.62 bits per heavy atom. The Morgan fingerprint density at radius 2 is 1.85 bits per heavy atom. The van der Waals surface area contributed by atoms with Gasteiger partial charge in [-0.2, -0.15) is 5.10 Å². The number of carbonyl (C=O) groups excluding carboxylic acids is 1. The van der Waals surface area contributed by atoms with E-state index < -0.39 is 0 Å². The summed E-state index contributed by atoms with van der Waals surface area (Å²) in [5.41, 5.74) is 3.04. The van der Waals surface area contributed by atoms with Crippen LogP contribution in [0.4, 0.5) is 0 Å². The summed E-state index contributed by atoms with van der Waals surface area (Å²) in [6.07, 6.45) is -0.122. The minimum absolute atomic E-state index is 0.122. The number of nitrogens with zero attached hydrogens (tertiary/aromatic N) is 2. The third kappa shape index (κ3) is 5.51. The molecule has 3 aromatic carbocycles. The van der Waals surface area contributed by atoms with Crippen LogP contribution in [0.15, 0.2) is 54.6 Å². The van der Waals surface area contributed by atoms with Gasteiger partial charge in [-0.25, -0.2) is 0 Å². The van der Waals surface area contributed by atoms with Gasteiger partial charge in [0, 0.05) is 11.9 Å². The van der Waals surface area contributed by atoms with E-state index in [1.165, 1.54) is 0 Å². The second-order valence-electron chi connectivity index (χ2n) is 8.92. The molecule has 0 amide bonds. The highest BCUT2D eigenvalue weighted by Gasteiger charge is 2.19. The molecular formula is C27H30ClN3O3. The Bertz CT molecular complexity index is 1300. The number of aromatic amines is 1. The fourth-order valence-corrected chi connectivity index (χ4v) is 4.34. The Labute approximate surface area is 204 Å². The molecule has 1 unspecified atom stereocenters. The Hall–Kier alpha value is -3.09. The predicted octanol–water partition coefficient (Wildman–Crippen LogP) is 6.14.